The van der Waals surface area contributed by atoms with Gasteiger partial charge < -0.3 is 13.7 Å². The Hall–Kier alpha value is -7.17. The molecular formula is C49H32N2O2. The maximum atomic E-state index is 6.57. The molecule has 4 nitrogen and oxygen atoms in total. The summed E-state index contributed by atoms with van der Waals surface area (Å²) in [5.74, 6) is 0.565. The van der Waals surface area contributed by atoms with Gasteiger partial charge in [0.25, 0.3) is 0 Å². The topological polar surface area (TPSA) is 42.4 Å². The largest absolute Gasteiger partial charge is 0.454 e. The molecule has 0 aliphatic rings. The minimum absolute atomic E-state index is 0.565. The molecule has 10 aromatic rings. The molecule has 0 amide bonds. The highest BCUT2D eigenvalue weighted by Crippen LogP contribution is 2.43. The molecule has 8 aromatic carbocycles. The van der Waals surface area contributed by atoms with Gasteiger partial charge in [-0.3, -0.25) is 0 Å². The van der Waals surface area contributed by atoms with E-state index in [1.807, 2.05) is 60.7 Å². The maximum Gasteiger partial charge on any atom is 0.227 e. The number of anilines is 3. The van der Waals surface area contributed by atoms with E-state index in [2.05, 4.69) is 138 Å². The zero-order valence-corrected chi connectivity index (χ0v) is 28.7. The van der Waals surface area contributed by atoms with E-state index in [1.54, 1.807) is 0 Å². The monoisotopic (exact) mass is 680 g/mol. The van der Waals surface area contributed by atoms with Crippen molar-refractivity contribution in [2.24, 2.45) is 0 Å². The number of rotatable bonds is 7. The summed E-state index contributed by atoms with van der Waals surface area (Å²) < 4.78 is 13.0. The van der Waals surface area contributed by atoms with Gasteiger partial charge in [-0.25, -0.2) is 4.98 Å². The number of furan rings is 1. The summed E-state index contributed by atoms with van der Waals surface area (Å²) in [5, 5.41) is 2.06. The summed E-state index contributed by atoms with van der Waals surface area (Å²) in [4.78, 5) is 7.31. The van der Waals surface area contributed by atoms with Crippen LogP contribution in [0.1, 0.15) is 0 Å². The van der Waals surface area contributed by atoms with Crippen LogP contribution in [0.25, 0.3) is 77.9 Å². The van der Waals surface area contributed by atoms with Crippen LogP contribution in [-0.2, 0) is 0 Å². The number of para-hydroxylation sites is 1. The molecule has 0 N–H and O–H groups in total. The molecule has 0 aliphatic carbocycles. The van der Waals surface area contributed by atoms with E-state index >= 15 is 0 Å². The standard InChI is InChI=1S/C49H32N2O2/c1-4-12-33(13-5-1)35-20-26-39(27-21-35)51(40-28-22-36(23-29-40)34-14-6-2-7-15-34)41-30-24-37(25-31-41)43-32-44-42-18-10-11-19-45(42)52-48(44)46-47(43)53-49(50-46)38-16-8-3-9-17-38/h1-32H. The third kappa shape index (κ3) is 5.54. The van der Waals surface area contributed by atoms with Gasteiger partial charge in [0, 0.05) is 39.0 Å². The van der Waals surface area contributed by atoms with Crippen molar-refractivity contribution < 1.29 is 8.83 Å². The fourth-order valence-corrected chi connectivity index (χ4v) is 7.27. The van der Waals surface area contributed by atoms with Gasteiger partial charge in [0.15, 0.2) is 16.7 Å². The first-order valence-electron chi connectivity index (χ1n) is 17.8. The number of aromatic nitrogens is 1. The first kappa shape index (κ1) is 30.6. The molecular weight excluding hydrogens is 649 g/mol. The zero-order chi connectivity index (χ0) is 35.1. The summed E-state index contributed by atoms with van der Waals surface area (Å²) in [7, 11) is 0. The maximum absolute atomic E-state index is 6.57. The van der Waals surface area contributed by atoms with Crippen molar-refractivity contribution in [1.82, 2.24) is 4.98 Å². The number of fused-ring (bicyclic) bond motifs is 5. The fourth-order valence-electron chi connectivity index (χ4n) is 7.27. The lowest BCUT2D eigenvalue weighted by Gasteiger charge is -2.26. The van der Waals surface area contributed by atoms with Crippen molar-refractivity contribution in [3.63, 3.8) is 0 Å². The van der Waals surface area contributed by atoms with Crippen LogP contribution >= 0.6 is 0 Å². The average Bonchev–Trinajstić information content (AvgIpc) is 3.85. The Morgan fingerprint density at radius 1 is 0.358 bits per heavy atom. The van der Waals surface area contributed by atoms with Crippen LogP contribution in [0, 0.1) is 0 Å². The van der Waals surface area contributed by atoms with Crippen molar-refractivity contribution in [2.45, 2.75) is 0 Å². The molecule has 0 radical (unpaired) electrons. The average molecular weight is 681 g/mol. The number of hydrogen-bond donors (Lipinski definition) is 0. The molecule has 0 saturated heterocycles. The Morgan fingerprint density at radius 3 is 1.36 bits per heavy atom. The van der Waals surface area contributed by atoms with E-state index in [0.29, 0.717) is 11.5 Å². The van der Waals surface area contributed by atoms with Crippen molar-refractivity contribution >= 4 is 50.1 Å². The van der Waals surface area contributed by atoms with Gasteiger partial charge >= 0.3 is 0 Å². The van der Waals surface area contributed by atoms with E-state index < -0.39 is 0 Å². The SMILES string of the molecule is c1ccc(-c2ccc(N(c3ccc(-c4ccccc4)cc3)c3ccc(-c4cc5c6ccccc6oc5c5nc(-c6ccccc6)oc45)cc3)cc2)cc1. The number of oxazole rings is 1. The fraction of sp³-hybridized carbons (Fsp3) is 0. The predicted molar refractivity (Wildman–Crippen MR) is 218 cm³/mol. The van der Waals surface area contributed by atoms with Crippen LogP contribution in [0.4, 0.5) is 17.1 Å². The molecule has 0 saturated carbocycles. The summed E-state index contributed by atoms with van der Waals surface area (Å²) in [6.07, 6.45) is 0. The second kappa shape index (κ2) is 12.9. The highest BCUT2D eigenvalue weighted by atomic mass is 16.4. The third-order valence-corrected chi connectivity index (χ3v) is 9.93. The molecule has 53 heavy (non-hydrogen) atoms. The van der Waals surface area contributed by atoms with Crippen molar-refractivity contribution in [3.05, 3.63) is 194 Å². The Labute approximate surface area is 306 Å². The molecule has 0 unspecified atom stereocenters. The molecule has 0 spiro atoms. The Morgan fingerprint density at radius 2 is 0.811 bits per heavy atom. The predicted octanol–water partition coefficient (Wildman–Crippen LogP) is 13.9. The van der Waals surface area contributed by atoms with Gasteiger partial charge in [-0.15, -0.1) is 0 Å². The van der Waals surface area contributed by atoms with Crippen LogP contribution in [0.5, 0.6) is 0 Å². The van der Waals surface area contributed by atoms with Gasteiger partial charge in [0.1, 0.15) is 5.58 Å². The van der Waals surface area contributed by atoms with Gasteiger partial charge in [0.05, 0.1) is 0 Å². The lowest BCUT2D eigenvalue weighted by Crippen LogP contribution is -2.09. The van der Waals surface area contributed by atoms with Gasteiger partial charge in [-0.05, 0) is 88.5 Å². The van der Waals surface area contributed by atoms with E-state index in [1.165, 1.54) is 22.3 Å². The molecule has 2 heterocycles. The Kier molecular flexibility index (Phi) is 7.43. The molecule has 0 fully saturated rings. The number of benzene rings is 8. The quantitative estimate of drug-likeness (QED) is 0.168. The van der Waals surface area contributed by atoms with E-state index in [9.17, 15) is 0 Å². The minimum atomic E-state index is 0.565. The van der Waals surface area contributed by atoms with Crippen molar-refractivity contribution in [1.29, 1.82) is 0 Å². The van der Waals surface area contributed by atoms with Crippen LogP contribution in [0.3, 0.4) is 0 Å². The lowest BCUT2D eigenvalue weighted by molar-refractivity contribution is 0.620. The van der Waals surface area contributed by atoms with E-state index in [-0.39, 0.29) is 0 Å². The van der Waals surface area contributed by atoms with Crippen LogP contribution in [-0.4, -0.2) is 4.98 Å². The second-order valence-electron chi connectivity index (χ2n) is 13.2. The highest BCUT2D eigenvalue weighted by Gasteiger charge is 2.21. The van der Waals surface area contributed by atoms with E-state index in [4.69, 9.17) is 13.8 Å². The molecule has 10 rings (SSSR count). The lowest BCUT2D eigenvalue weighted by atomic mass is 10.0. The van der Waals surface area contributed by atoms with Crippen LogP contribution in [0.15, 0.2) is 203 Å². The van der Waals surface area contributed by atoms with Crippen molar-refractivity contribution in [2.75, 3.05) is 4.90 Å². The van der Waals surface area contributed by atoms with Crippen molar-refractivity contribution in [3.8, 4) is 44.8 Å². The summed E-state index contributed by atoms with van der Waals surface area (Å²) >= 11 is 0. The van der Waals surface area contributed by atoms with Gasteiger partial charge in [0.2, 0.25) is 5.89 Å². The third-order valence-electron chi connectivity index (χ3n) is 9.93. The van der Waals surface area contributed by atoms with Gasteiger partial charge in [-0.2, -0.15) is 0 Å². The number of hydrogen-bond acceptors (Lipinski definition) is 4. The smallest absolute Gasteiger partial charge is 0.227 e. The summed E-state index contributed by atoms with van der Waals surface area (Å²) in [6.45, 7) is 0. The highest BCUT2D eigenvalue weighted by molar-refractivity contribution is 6.17. The molecule has 0 aliphatic heterocycles. The Balaban J connectivity index is 1.09. The Bertz CT molecular complexity index is 2760. The van der Waals surface area contributed by atoms with Gasteiger partial charge in [-0.1, -0.05) is 133 Å². The zero-order valence-electron chi connectivity index (χ0n) is 28.7. The van der Waals surface area contributed by atoms with Crippen LogP contribution in [0.2, 0.25) is 0 Å². The molecule has 250 valence electrons. The van der Waals surface area contributed by atoms with E-state index in [0.717, 1.165) is 61.2 Å². The van der Waals surface area contributed by atoms with Crippen LogP contribution < -0.4 is 4.90 Å². The molecule has 0 bridgehead atoms. The minimum Gasteiger partial charge on any atom is -0.454 e. The normalized spacial score (nSPS) is 11.4. The molecule has 4 heteroatoms. The molecule has 0 atom stereocenters. The summed E-state index contributed by atoms with van der Waals surface area (Å²) in [5.41, 5.74) is 13.8. The number of nitrogens with zero attached hydrogens (tertiary/aromatic N) is 2. The first-order chi connectivity index (χ1) is 26.3. The summed E-state index contributed by atoms with van der Waals surface area (Å²) in [6, 6.07) is 67.6. The molecule has 2 aromatic heterocycles. The second-order valence-corrected chi connectivity index (χ2v) is 13.2. The first-order valence-corrected chi connectivity index (χ1v) is 17.8.